The Hall–Kier alpha value is -1.63. The molecule has 140 valence electrons. The second-order valence-corrected chi connectivity index (χ2v) is 8.32. The molecule has 0 aliphatic carbocycles. The van der Waals surface area contributed by atoms with Crippen LogP contribution in [-0.2, 0) is 6.54 Å². The topological polar surface area (TPSA) is 56.9 Å². The molecular weight excluding hydrogens is 348 g/mol. The minimum Gasteiger partial charge on any atom is -0.455 e. The van der Waals surface area contributed by atoms with Gasteiger partial charge in [-0.15, -0.1) is 11.3 Å². The molecule has 0 spiro atoms. The van der Waals surface area contributed by atoms with E-state index in [4.69, 9.17) is 4.42 Å². The van der Waals surface area contributed by atoms with E-state index in [1.165, 1.54) is 12.8 Å². The number of piperidine rings is 1. The largest absolute Gasteiger partial charge is 0.455 e. The van der Waals surface area contributed by atoms with Crippen LogP contribution in [0, 0.1) is 5.92 Å². The molecule has 1 atom stereocenters. The molecule has 6 heteroatoms. The highest BCUT2D eigenvalue weighted by molar-refractivity contribution is 7.10. The molecule has 0 aromatic carbocycles. The molecular formula is C20H26N2O3S. The summed E-state index contributed by atoms with van der Waals surface area (Å²) in [6.07, 6.45) is 3.73. The number of aliphatic hydroxyl groups is 1. The van der Waals surface area contributed by atoms with E-state index >= 15 is 0 Å². The maximum atomic E-state index is 12.7. The zero-order valence-corrected chi connectivity index (χ0v) is 15.8. The highest BCUT2D eigenvalue weighted by Gasteiger charge is 2.30. The lowest BCUT2D eigenvalue weighted by molar-refractivity contribution is 0.0451. The Kier molecular flexibility index (Phi) is 5.43. The van der Waals surface area contributed by atoms with Crippen molar-refractivity contribution in [3.63, 3.8) is 0 Å². The van der Waals surface area contributed by atoms with Crippen LogP contribution in [0.2, 0.25) is 0 Å². The van der Waals surface area contributed by atoms with Gasteiger partial charge in [-0.05, 0) is 68.3 Å². The van der Waals surface area contributed by atoms with Crippen LogP contribution in [0.5, 0.6) is 0 Å². The summed E-state index contributed by atoms with van der Waals surface area (Å²) in [4.78, 5) is 18.0. The van der Waals surface area contributed by atoms with E-state index in [1.54, 1.807) is 17.4 Å². The molecule has 5 nitrogen and oxygen atoms in total. The van der Waals surface area contributed by atoms with Crippen molar-refractivity contribution in [2.45, 2.75) is 38.3 Å². The van der Waals surface area contributed by atoms with E-state index in [0.29, 0.717) is 18.8 Å². The molecule has 0 saturated carbocycles. The van der Waals surface area contributed by atoms with Gasteiger partial charge < -0.3 is 14.4 Å². The van der Waals surface area contributed by atoms with Crippen LogP contribution in [0.3, 0.4) is 0 Å². The number of carbonyl (C=O) groups excluding carboxylic acids is 1. The normalized spacial score (nSPS) is 20.6. The summed E-state index contributed by atoms with van der Waals surface area (Å²) < 4.78 is 5.81. The average Bonchev–Trinajstić information content (AvgIpc) is 3.43. The Morgan fingerprint density at radius 2 is 1.96 bits per heavy atom. The number of amides is 1. The third-order valence-electron chi connectivity index (χ3n) is 5.56. The molecule has 1 amide bonds. The van der Waals surface area contributed by atoms with Crippen LogP contribution in [0.15, 0.2) is 34.1 Å². The molecule has 2 saturated heterocycles. The summed E-state index contributed by atoms with van der Waals surface area (Å²) in [5.74, 6) is 1.51. The fourth-order valence-corrected chi connectivity index (χ4v) is 4.81. The highest BCUT2D eigenvalue weighted by atomic mass is 32.1. The molecule has 1 N–H and O–H groups in total. The van der Waals surface area contributed by atoms with Gasteiger partial charge in [0.05, 0.1) is 12.6 Å². The molecule has 2 fully saturated rings. The molecule has 2 aromatic heterocycles. The number of carbonyl (C=O) groups is 1. The van der Waals surface area contributed by atoms with Gasteiger partial charge in [-0.1, -0.05) is 6.07 Å². The van der Waals surface area contributed by atoms with Gasteiger partial charge in [0.25, 0.3) is 5.91 Å². The molecule has 1 unspecified atom stereocenters. The SMILES string of the molecule is O=C(c1ccc(CN2CCCC2)o1)N1CCC(C(O)c2cccs2)CC1. The van der Waals surface area contributed by atoms with E-state index in [0.717, 1.165) is 43.1 Å². The van der Waals surface area contributed by atoms with Gasteiger partial charge in [0, 0.05) is 18.0 Å². The first-order valence-electron chi connectivity index (χ1n) is 9.52. The average molecular weight is 375 g/mol. The van der Waals surface area contributed by atoms with Crippen molar-refractivity contribution < 1.29 is 14.3 Å². The Morgan fingerprint density at radius 3 is 2.65 bits per heavy atom. The minimum absolute atomic E-state index is 0.0262. The van der Waals surface area contributed by atoms with E-state index in [2.05, 4.69) is 4.90 Å². The summed E-state index contributed by atoms with van der Waals surface area (Å²) in [5.41, 5.74) is 0. The number of rotatable bonds is 5. The van der Waals surface area contributed by atoms with Gasteiger partial charge in [0.15, 0.2) is 5.76 Å². The van der Waals surface area contributed by atoms with Gasteiger partial charge in [0.2, 0.25) is 0 Å². The quantitative estimate of drug-likeness (QED) is 0.870. The molecule has 26 heavy (non-hydrogen) atoms. The fourth-order valence-electron chi connectivity index (χ4n) is 4.00. The van der Waals surface area contributed by atoms with Crippen molar-refractivity contribution in [3.8, 4) is 0 Å². The number of thiophene rings is 1. The van der Waals surface area contributed by atoms with Crippen LogP contribution >= 0.6 is 11.3 Å². The standard InChI is InChI=1S/C20H26N2O3S/c23-19(18-4-3-13-26-18)15-7-11-22(12-8-15)20(24)17-6-5-16(25-17)14-21-9-1-2-10-21/h3-6,13,15,19,23H,1-2,7-12,14H2. The van der Waals surface area contributed by atoms with Gasteiger partial charge in [-0.3, -0.25) is 9.69 Å². The van der Waals surface area contributed by atoms with Crippen molar-refractivity contribution in [1.82, 2.24) is 9.80 Å². The van der Waals surface area contributed by atoms with E-state index < -0.39 is 6.10 Å². The first-order valence-corrected chi connectivity index (χ1v) is 10.4. The number of aliphatic hydroxyl groups excluding tert-OH is 1. The van der Waals surface area contributed by atoms with Crippen molar-refractivity contribution in [2.24, 2.45) is 5.92 Å². The lowest BCUT2D eigenvalue weighted by Gasteiger charge is -2.33. The number of furan rings is 1. The second-order valence-electron chi connectivity index (χ2n) is 7.34. The predicted molar refractivity (Wildman–Crippen MR) is 101 cm³/mol. The number of hydrogen-bond donors (Lipinski definition) is 1. The van der Waals surface area contributed by atoms with Gasteiger partial charge in [-0.2, -0.15) is 0 Å². The predicted octanol–water partition coefficient (Wildman–Crippen LogP) is 3.52. The van der Waals surface area contributed by atoms with Gasteiger partial charge in [-0.25, -0.2) is 0 Å². The van der Waals surface area contributed by atoms with Gasteiger partial charge in [0.1, 0.15) is 5.76 Å². The van der Waals surface area contributed by atoms with Crippen LogP contribution in [0.1, 0.15) is 53.0 Å². The Labute approximate surface area is 158 Å². The first-order chi connectivity index (χ1) is 12.7. The maximum absolute atomic E-state index is 12.7. The highest BCUT2D eigenvalue weighted by Crippen LogP contribution is 2.33. The van der Waals surface area contributed by atoms with Crippen molar-refractivity contribution in [3.05, 3.63) is 46.0 Å². The zero-order chi connectivity index (χ0) is 17.9. The molecule has 2 aliphatic heterocycles. The summed E-state index contributed by atoms with van der Waals surface area (Å²) in [6.45, 7) is 4.37. The molecule has 2 aliphatic rings. The minimum atomic E-state index is -0.414. The summed E-state index contributed by atoms with van der Waals surface area (Å²) >= 11 is 1.59. The van der Waals surface area contributed by atoms with E-state index in [1.807, 2.05) is 28.5 Å². The van der Waals surface area contributed by atoms with Gasteiger partial charge >= 0.3 is 0 Å². The molecule has 0 radical (unpaired) electrons. The number of hydrogen-bond acceptors (Lipinski definition) is 5. The molecule has 2 aromatic rings. The lowest BCUT2D eigenvalue weighted by Crippen LogP contribution is -2.39. The smallest absolute Gasteiger partial charge is 0.289 e. The maximum Gasteiger partial charge on any atom is 0.289 e. The van der Waals surface area contributed by atoms with Crippen molar-refractivity contribution >= 4 is 17.2 Å². The summed E-state index contributed by atoms with van der Waals surface area (Å²) in [5, 5.41) is 12.5. The summed E-state index contributed by atoms with van der Waals surface area (Å²) in [6, 6.07) is 7.69. The second kappa shape index (κ2) is 7.94. The fraction of sp³-hybridized carbons (Fsp3) is 0.550. The van der Waals surface area contributed by atoms with Crippen molar-refractivity contribution in [2.75, 3.05) is 26.2 Å². The third-order valence-corrected chi connectivity index (χ3v) is 6.50. The third kappa shape index (κ3) is 3.87. The Bertz CT molecular complexity index is 713. The van der Waals surface area contributed by atoms with Crippen LogP contribution in [0.25, 0.3) is 0 Å². The van der Waals surface area contributed by atoms with Crippen LogP contribution < -0.4 is 0 Å². The lowest BCUT2D eigenvalue weighted by atomic mass is 9.90. The Balaban J connectivity index is 1.31. The monoisotopic (exact) mass is 374 g/mol. The first kappa shape index (κ1) is 17.8. The summed E-state index contributed by atoms with van der Waals surface area (Å²) in [7, 11) is 0. The number of nitrogens with zero attached hydrogens (tertiary/aromatic N) is 2. The molecule has 0 bridgehead atoms. The Morgan fingerprint density at radius 1 is 1.19 bits per heavy atom. The van der Waals surface area contributed by atoms with E-state index in [9.17, 15) is 9.90 Å². The molecule has 4 heterocycles. The molecule has 4 rings (SSSR count). The van der Waals surface area contributed by atoms with E-state index in [-0.39, 0.29) is 11.8 Å². The van der Waals surface area contributed by atoms with Crippen LogP contribution in [-0.4, -0.2) is 47.0 Å². The van der Waals surface area contributed by atoms with Crippen molar-refractivity contribution in [1.29, 1.82) is 0 Å². The number of likely N-dealkylation sites (tertiary alicyclic amines) is 2. The zero-order valence-electron chi connectivity index (χ0n) is 15.0. The van der Waals surface area contributed by atoms with Crippen LogP contribution in [0.4, 0.5) is 0 Å².